The molecule has 0 radical (unpaired) electrons. The Hall–Kier alpha value is -1.79. The zero-order valence-electron chi connectivity index (χ0n) is 19.4. The van der Waals surface area contributed by atoms with E-state index in [0.717, 1.165) is 50.3 Å². The SMILES string of the molecule is CC(C)(c1ccc(O)cc1)c1ccc(O)cc1.CCN(CC)CCCN.ClCC1CO1. The number of rotatable bonds is 8. The lowest BCUT2D eigenvalue weighted by molar-refractivity contribution is 0.302. The van der Waals surface area contributed by atoms with Crippen molar-refractivity contribution >= 4 is 11.6 Å². The minimum Gasteiger partial charge on any atom is -0.508 e. The summed E-state index contributed by atoms with van der Waals surface area (Å²) in [4.78, 5) is 2.38. The first-order valence-corrected chi connectivity index (χ1v) is 11.5. The molecule has 1 aliphatic heterocycles. The molecule has 0 amide bonds. The number of hydrogen-bond donors (Lipinski definition) is 3. The Labute approximate surface area is 192 Å². The van der Waals surface area contributed by atoms with Crippen LogP contribution in [0.15, 0.2) is 48.5 Å². The summed E-state index contributed by atoms with van der Waals surface area (Å²) in [5.41, 5.74) is 7.46. The van der Waals surface area contributed by atoms with Gasteiger partial charge in [-0.15, -0.1) is 11.6 Å². The molecule has 3 rings (SSSR count). The molecule has 4 N–H and O–H groups in total. The summed E-state index contributed by atoms with van der Waals surface area (Å²) in [6.07, 6.45) is 1.53. The van der Waals surface area contributed by atoms with E-state index in [9.17, 15) is 10.2 Å². The molecule has 174 valence electrons. The van der Waals surface area contributed by atoms with E-state index < -0.39 is 0 Å². The van der Waals surface area contributed by atoms with Crippen molar-refractivity contribution in [3.05, 3.63) is 59.7 Å². The lowest BCUT2D eigenvalue weighted by Gasteiger charge is -2.26. The van der Waals surface area contributed by atoms with E-state index in [4.69, 9.17) is 22.1 Å². The monoisotopic (exact) mass is 450 g/mol. The van der Waals surface area contributed by atoms with Gasteiger partial charge in [-0.2, -0.15) is 0 Å². The van der Waals surface area contributed by atoms with Gasteiger partial charge in [0, 0.05) is 5.41 Å². The Morgan fingerprint density at radius 3 is 1.65 bits per heavy atom. The average molecular weight is 451 g/mol. The summed E-state index contributed by atoms with van der Waals surface area (Å²) in [5, 5.41) is 18.6. The van der Waals surface area contributed by atoms with Crippen LogP contribution in [0.2, 0.25) is 0 Å². The topological polar surface area (TPSA) is 82.2 Å². The maximum absolute atomic E-state index is 9.30. The maximum Gasteiger partial charge on any atom is 0.115 e. The first-order chi connectivity index (χ1) is 14.8. The van der Waals surface area contributed by atoms with Crippen LogP contribution in [0.1, 0.15) is 45.2 Å². The van der Waals surface area contributed by atoms with E-state index in [0.29, 0.717) is 12.0 Å². The van der Waals surface area contributed by atoms with Gasteiger partial charge < -0.3 is 25.6 Å². The summed E-state index contributed by atoms with van der Waals surface area (Å²) in [5.74, 6) is 1.21. The Bertz CT molecular complexity index is 665. The number of alkyl halides is 1. The third-order valence-electron chi connectivity index (χ3n) is 5.33. The first kappa shape index (κ1) is 27.2. The number of nitrogens with two attached hydrogens (primary N) is 1. The Kier molecular flexibility index (Phi) is 12.6. The number of benzene rings is 2. The van der Waals surface area contributed by atoms with E-state index in [1.54, 1.807) is 24.3 Å². The van der Waals surface area contributed by atoms with E-state index in [1.165, 1.54) is 0 Å². The number of halogens is 1. The number of epoxide rings is 1. The molecule has 0 saturated carbocycles. The van der Waals surface area contributed by atoms with Gasteiger partial charge >= 0.3 is 0 Å². The molecule has 6 heteroatoms. The number of aromatic hydroxyl groups is 2. The second kappa shape index (κ2) is 14.3. The summed E-state index contributed by atoms with van der Waals surface area (Å²) < 4.78 is 4.73. The average Bonchev–Trinajstić information content (AvgIpc) is 3.61. The predicted octanol–water partition coefficient (Wildman–Crippen LogP) is 4.72. The molecule has 1 heterocycles. The maximum atomic E-state index is 9.30. The highest BCUT2D eigenvalue weighted by atomic mass is 35.5. The highest BCUT2D eigenvalue weighted by Gasteiger charge is 2.22. The van der Waals surface area contributed by atoms with Gasteiger partial charge in [-0.1, -0.05) is 52.0 Å². The zero-order valence-corrected chi connectivity index (χ0v) is 20.1. The molecule has 0 spiro atoms. The molecule has 0 aliphatic carbocycles. The van der Waals surface area contributed by atoms with Crippen molar-refractivity contribution in [3.8, 4) is 11.5 Å². The van der Waals surface area contributed by atoms with Crippen molar-refractivity contribution in [1.82, 2.24) is 4.90 Å². The van der Waals surface area contributed by atoms with Crippen LogP contribution in [0.4, 0.5) is 0 Å². The highest BCUT2D eigenvalue weighted by molar-refractivity contribution is 6.18. The van der Waals surface area contributed by atoms with Gasteiger partial charge in [-0.05, 0) is 68.0 Å². The smallest absolute Gasteiger partial charge is 0.115 e. The van der Waals surface area contributed by atoms with Crippen LogP contribution in [-0.2, 0) is 10.2 Å². The van der Waals surface area contributed by atoms with E-state index >= 15 is 0 Å². The van der Waals surface area contributed by atoms with Crippen LogP contribution in [0, 0.1) is 0 Å². The van der Waals surface area contributed by atoms with E-state index in [1.807, 2.05) is 24.3 Å². The van der Waals surface area contributed by atoms with Crippen LogP contribution in [0.25, 0.3) is 0 Å². The van der Waals surface area contributed by atoms with Crippen molar-refractivity contribution in [1.29, 1.82) is 0 Å². The second-order valence-corrected chi connectivity index (χ2v) is 8.31. The Morgan fingerprint density at radius 1 is 0.968 bits per heavy atom. The largest absolute Gasteiger partial charge is 0.508 e. The molecule has 0 bridgehead atoms. The van der Waals surface area contributed by atoms with Gasteiger partial charge in [0.2, 0.25) is 0 Å². The molecule has 31 heavy (non-hydrogen) atoms. The number of phenolic OH excluding ortho intramolecular Hbond substituents is 2. The molecule has 1 aliphatic rings. The lowest BCUT2D eigenvalue weighted by Crippen LogP contribution is -2.25. The van der Waals surface area contributed by atoms with Crippen molar-refractivity contribution in [2.45, 2.75) is 45.6 Å². The molecule has 1 atom stereocenters. The van der Waals surface area contributed by atoms with E-state index in [2.05, 4.69) is 32.6 Å². The molecule has 2 aromatic carbocycles. The molecule has 5 nitrogen and oxygen atoms in total. The minimum atomic E-state index is -0.151. The fraction of sp³-hybridized carbons (Fsp3) is 0.520. The van der Waals surface area contributed by atoms with Crippen LogP contribution in [0.5, 0.6) is 11.5 Å². The van der Waals surface area contributed by atoms with Gasteiger partial charge in [0.15, 0.2) is 0 Å². The van der Waals surface area contributed by atoms with Crippen molar-refractivity contribution < 1.29 is 14.9 Å². The lowest BCUT2D eigenvalue weighted by atomic mass is 9.78. The fourth-order valence-corrected chi connectivity index (χ4v) is 3.11. The van der Waals surface area contributed by atoms with Gasteiger partial charge in [-0.3, -0.25) is 0 Å². The third-order valence-corrected chi connectivity index (χ3v) is 5.67. The highest BCUT2D eigenvalue weighted by Crippen LogP contribution is 2.32. The summed E-state index contributed by atoms with van der Waals surface area (Å²) in [7, 11) is 0. The molecule has 1 fully saturated rings. The molecule has 1 saturated heterocycles. The third kappa shape index (κ3) is 10.4. The van der Waals surface area contributed by atoms with Gasteiger partial charge in [0.25, 0.3) is 0 Å². The fourth-order valence-electron chi connectivity index (χ4n) is 2.93. The standard InChI is InChI=1S/C15H16O2.C7H18N2.C3H5ClO/c1-15(2,11-3-7-13(16)8-4-11)12-5-9-14(17)10-6-12;1-3-9(4-2)7-5-6-8;4-1-3-2-5-3/h3-10,16-17H,1-2H3;3-8H2,1-2H3;3H,1-2H2. The van der Waals surface area contributed by atoms with Crippen LogP contribution in [-0.4, -0.2) is 59.9 Å². The van der Waals surface area contributed by atoms with Crippen molar-refractivity contribution in [2.75, 3.05) is 38.7 Å². The zero-order chi connectivity index (χ0) is 23.3. The molecular formula is C25H39ClN2O3. The molecular weight excluding hydrogens is 412 g/mol. The molecule has 0 aromatic heterocycles. The Balaban J connectivity index is 0.000000285. The Morgan fingerprint density at radius 2 is 1.39 bits per heavy atom. The predicted molar refractivity (Wildman–Crippen MR) is 130 cm³/mol. The summed E-state index contributed by atoms with van der Waals surface area (Å²) >= 11 is 5.27. The van der Waals surface area contributed by atoms with E-state index in [-0.39, 0.29) is 16.9 Å². The normalized spacial score (nSPS) is 14.9. The van der Waals surface area contributed by atoms with Crippen LogP contribution in [0.3, 0.4) is 0 Å². The number of ether oxygens (including phenoxy) is 1. The summed E-state index contributed by atoms with van der Waals surface area (Å²) in [6, 6.07) is 14.4. The van der Waals surface area contributed by atoms with Gasteiger partial charge in [0.1, 0.15) is 11.5 Å². The minimum absolute atomic E-state index is 0.151. The first-order valence-electron chi connectivity index (χ1n) is 11.0. The number of hydrogen-bond acceptors (Lipinski definition) is 5. The molecule has 1 unspecified atom stereocenters. The molecule has 2 aromatic rings. The van der Waals surface area contributed by atoms with Crippen LogP contribution < -0.4 is 5.73 Å². The number of phenols is 2. The number of nitrogens with zero attached hydrogens (tertiary/aromatic N) is 1. The summed E-state index contributed by atoms with van der Waals surface area (Å²) in [6.45, 7) is 13.7. The quantitative estimate of drug-likeness (QED) is 0.400. The van der Waals surface area contributed by atoms with Gasteiger partial charge in [-0.25, -0.2) is 0 Å². The second-order valence-electron chi connectivity index (χ2n) is 8.00. The van der Waals surface area contributed by atoms with Crippen LogP contribution >= 0.6 is 11.6 Å². The van der Waals surface area contributed by atoms with Gasteiger partial charge in [0.05, 0.1) is 18.6 Å². The van der Waals surface area contributed by atoms with Crippen molar-refractivity contribution in [3.63, 3.8) is 0 Å². The van der Waals surface area contributed by atoms with Crippen molar-refractivity contribution in [2.24, 2.45) is 5.73 Å².